The van der Waals surface area contributed by atoms with E-state index in [1.807, 2.05) is 0 Å². The summed E-state index contributed by atoms with van der Waals surface area (Å²) in [5, 5.41) is 2.32. The summed E-state index contributed by atoms with van der Waals surface area (Å²) in [4.78, 5) is 49.9. The average Bonchev–Trinajstić information content (AvgIpc) is 2.76. The zero-order valence-electron chi connectivity index (χ0n) is 9.63. The number of rotatable bonds is 2. The lowest BCUT2D eigenvalue weighted by atomic mass is 10.4. The number of carbonyl (C=O) groups is 4. The van der Waals surface area contributed by atoms with Crippen molar-refractivity contribution < 1.29 is 19.2 Å². The molecule has 0 aromatic heterocycles. The summed E-state index contributed by atoms with van der Waals surface area (Å²) in [5.41, 5.74) is 0. The smallest absolute Gasteiger partial charge is 0.261 e. The molecule has 1 N–H and O–H groups in total. The standard InChI is InChI=1S/C10H11N3O4S/c1-5-9(17)12-10(18-5)11-6(14)4-13-7(15)2-3-8(13)16/h5H,2-4H2,1H3,(H,11,12,14,17). The van der Waals surface area contributed by atoms with Crippen molar-refractivity contribution in [2.45, 2.75) is 25.0 Å². The normalized spacial score (nSPS) is 23.6. The van der Waals surface area contributed by atoms with Gasteiger partial charge in [-0.2, -0.15) is 4.99 Å². The molecule has 2 aliphatic rings. The highest BCUT2D eigenvalue weighted by molar-refractivity contribution is 8.15. The van der Waals surface area contributed by atoms with Crippen molar-refractivity contribution in [1.82, 2.24) is 10.2 Å². The van der Waals surface area contributed by atoms with Crippen LogP contribution in [0.15, 0.2) is 4.99 Å². The van der Waals surface area contributed by atoms with Gasteiger partial charge in [-0.15, -0.1) is 0 Å². The van der Waals surface area contributed by atoms with Gasteiger partial charge in [0.25, 0.3) is 5.91 Å². The van der Waals surface area contributed by atoms with Gasteiger partial charge in [0.2, 0.25) is 17.7 Å². The molecule has 2 aliphatic heterocycles. The maximum atomic E-state index is 11.6. The SMILES string of the molecule is CC1SC(NC(=O)CN2C(=O)CCC2=O)=NC1=O. The molecule has 2 heterocycles. The molecule has 18 heavy (non-hydrogen) atoms. The maximum absolute atomic E-state index is 11.6. The van der Waals surface area contributed by atoms with E-state index in [1.165, 1.54) is 0 Å². The minimum Gasteiger partial charge on any atom is -0.303 e. The molecule has 0 radical (unpaired) electrons. The number of likely N-dealkylation sites (tertiary alicyclic amines) is 1. The van der Waals surface area contributed by atoms with Gasteiger partial charge >= 0.3 is 0 Å². The van der Waals surface area contributed by atoms with Crippen LogP contribution < -0.4 is 5.32 Å². The number of nitrogens with one attached hydrogen (secondary N) is 1. The lowest BCUT2D eigenvalue weighted by Gasteiger charge is -2.12. The number of imide groups is 1. The summed E-state index contributed by atoms with van der Waals surface area (Å²) in [6, 6.07) is 0. The van der Waals surface area contributed by atoms with Crippen LogP contribution in [0.4, 0.5) is 0 Å². The summed E-state index contributed by atoms with van der Waals surface area (Å²) < 4.78 is 0. The largest absolute Gasteiger partial charge is 0.303 e. The van der Waals surface area contributed by atoms with Gasteiger partial charge in [0, 0.05) is 12.8 Å². The van der Waals surface area contributed by atoms with Gasteiger partial charge in [-0.3, -0.25) is 24.1 Å². The van der Waals surface area contributed by atoms with E-state index < -0.39 is 5.91 Å². The van der Waals surface area contributed by atoms with E-state index in [1.54, 1.807) is 6.92 Å². The summed E-state index contributed by atoms with van der Waals surface area (Å²) in [5.74, 6) is -1.52. The Labute approximate surface area is 107 Å². The molecule has 7 nitrogen and oxygen atoms in total. The van der Waals surface area contributed by atoms with Gasteiger partial charge in [0.1, 0.15) is 6.54 Å². The molecule has 1 unspecified atom stereocenters. The first-order valence-electron chi connectivity index (χ1n) is 5.39. The van der Waals surface area contributed by atoms with Gasteiger partial charge in [0.05, 0.1) is 5.25 Å². The second-order valence-electron chi connectivity index (χ2n) is 3.94. The Kier molecular flexibility index (Phi) is 3.46. The fraction of sp³-hybridized carbons (Fsp3) is 0.500. The molecule has 1 saturated heterocycles. The zero-order chi connectivity index (χ0) is 13.3. The van der Waals surface area contributed by atoms with Gasteiger partial charge in [0.15, 0.2) is 5.17 Å². The molecule has 1 fully saturated rings. The van der Waals surface area contributed by atoms with E-state index in [9.17, 15) is 19.2 Å². The fourth-order valence-corrected chi connectivity index (χ4v) is 2.40. The highest BCUT2D eigenvalue weighted by Gasteiger charge is 2.31. The van der Waals surface area contributed by atoms with E-state index >= 15 is 0 Å². The molecule has 2 rings (SSSR count). The van der Waals surface area contributed by atoms with Crippen LogP contribution in [0.1, 0.15) is 19.8 Å². The number of amides is 4. The molecule has 8 heteroatoms. The van der Waals surface area contributed by atoms with Crippen LogP contribution in [0.5, 0.6) is 0 Å². The average molecular weight is 269 g/mol. The minimum absolute atomic E-state index is 0.150. The van der Waals surface area contributed by atoms with E-state index in [4.69, 9.17) is 0 Å². The second-order valence-corrected chi connectivity index (χ2v) is 5.27. The number of amidine groups is 1. The van der Waals surface area contributed by atoms with Crippen molar-refractivity contribution in [3.63, 3.8) is 0 Å². The predicted molar refractivity (Wildman–Crippen MR) is 63.6 cm³/mol. The first-order valence-corrected chi connectivity index (χ1v) is 6.27. The number of hydrogen-bond acceptors (Lipinski definition) is 5. The van der Waals surface area contributed by atoms with Crippen molar-refractivity contribution in [1.29, 1.82) is 0 Å². The molecule has 0 aromatic rings. The lowest BCUT2D eigenvalue weighted by Crippen LogP contribution is -2.41. The van der Waals surface area contributed by atoms with Gasteiger partial charge < -0.3 is 5.32 Å². The lowest BCUT2D eigenvalue weighted by molar-refractivity contribution is -0.142. The van der Waals surface area contributed by atoms with E-state index in [0.717, 1.165) is 16.7 Å². The van der Waals surface area contributed by atoms with Gasteiger partial charge in [-0.05, 0) is 6.92 Å². The first-order chi connectivity index (χ1) is 8.47. The van der Waals surface area contributed by atoms with Gasteiger partial charge in [-0.25, -0.2) is 0 Å². The summed E-state index contributed by atoms with van der Waals surface area (Å²) in [6.45, 7) is 1.36. The molecule has 0 aromatic carbocycles. The molecule has 0 bridgehead atoms. The summed E-state index contributed by atoms with van der Waals surface area (Å²) >= 11 is 1.14. The first kappa shape index (κ1) is 12.7. The minimum atomic E-state index is -0.522. The summed E-state index contributed by atoms with van der Waals surface area (Å²) in [6.07, 6.45) is 0.300. The molecule has 96 valence electrons. The molecule has 0 aliphatic carbocycles. The maximum Gasteiger partial charge on any atom is 0.261 e. The predicted octanol–water partition coefficient (Wildman–Crippen LogP) is -0.731. The Bertz CT molecular complexity index is 458. The van der Waals surface area contributed by atoms with Gasteiger partial charge in [-0.1, -0.05) is 11.8 Å². The number of nitrogens with zero attached hydrogens (tertiary/aromatic N) is 2. The quantitative estimate of drug-likeness (QED) is 0.667. The molecule has 1 atom stereocenters. The van der Waals surface area contributed by atoms with E-state index in [2.05, 4.69) is 10.3 Å². The Morgan fingerprint density at radius 2 is 2.00 bits per heavy atom. The van der Waals surface area contributed by atoms with Crippen LogP contribution in [-0.2, 0) is 19.2 Å². The van der Waals surface area contributed by atoms with Crippen molar-refractivity contribution in [3.8, 4) is 0 Å². The number of hydrogen-bond donors (Lipinski definition) is 1. The molecular formula is C10H11N3O4S. The number of aliphatic imine (C=N–C) groups is 1. The Hall–Kier alpha value is -1.70. The third kappa shape index (κ3) is 2.58. The highest BCUT2D eigenvalue weighted by Crippen LogP contribution is 2.20. The molecule has 0 saturated carbocycles. The van der Waals surface area contributed by atoms with Crippen LogP contribution in [0.3, 0.4) is 0 Å². The number of carbonyl (C=O) groups excluding carboxylic acids is 4. The van der Waals surface area contributed by atoms with Crippen molar-refractivity contribution in [2.24, 2.45) is 4.99 Å². The van der Waals surface area contributed by atoms with Crippen LogP contribution in [0.25, 0.3) is 0 Å². The second kappa shape index (κ2) is 4.89. The molecule has 4 amide bonds. The monoisotopic (exact) mass is 269 g/mol. The third-order valence-electron chi connectivity index (χ3n) is 2.55. The van der Waals surface area contributed by atoms with Crippen molar-refractivity contribution in [3.05, 3.63) is 0 Å². The Balaban J connectivity index is 1.90. The summed E-state index contributed by atoms with van der Waals surface area (Å²) in [7, 11) is 0. The van der Waals surface area contributed by atoms with E-state index in [0.29, 0.717) is 0 Å². The third-order valence-corrected chi connectivity index (χ3v) is 3.52. The molecular weight excluding hydrogens is 258 g/mol. The fourth-order valence-electron chi connectivity index (χ4n) is 1.59. The topological polar surface area (TPSA) is 95.9 Å². The zero-order valence-corrected chi connectivity index (χ0v) is 10.5. The van der Waals surface area contributed by atoms with Crippen LogP contribution >= 0.6 is 11.8 Å². The van der Waals surface area contributed by atoms with Crippen LogP contribution in [-0.4, -0.2) is 45.5 Å². The van der Waals surface area contributed by atoms with E-state index in [-0.39, 0.29) is 47.5 Å². The van der Waals surface area contributed by atoms with Crippen LogP contribution in [0, 0.1) is 0 Å². The number of thioether (sulfide) groups is 1. The van der Waals surface area contributed by atoms with Crippen LogP contribution in [0.2, 0.25) is 0 Å². The Morgan fingerprint density at radius 3 is 2.50 bits per heavy atom. The highest BCUT2D eigenvalue weighted by atomic mass is 32.2. The Morgan fingerprint density at radius 1 is 1.39 bits per heavy atom. The van der Waals surface area contributed by atoms with Crippen molar-refractivity contribution in [2.75, 3.05) is 6.54 Å². The van der Waals surface area contributed by atoms with Crippen molar-refractivity contribution >= 4 is 40.6 Å². The molecule has 0 spiro atoms.